The van der Waals surface area contributed by atoms with Crippen LogP contribution in [0, 0.1) is 0 Å². The molecule has 0 heterocycles. The molecule has 2 aromatic rings. The summed E-state index contributed by atoms with van der Waals surface area (Å²) in [5, 5.41) is 11.4. The van der Waals surface area contributed by atoms with E-state index in [1.807, 2.05) is 36.0 Å². The van der Waals surface area contributed by atoms with Crippen LogP contribution in [-0.2, 0) is 10.5 Å². The number of carboxylic acid groups (broad SMARTS) is 1. The van der Waals surface area contributed by atoms with E-state index >= 15 is 0 Å². The van der Waals surface area contributed by atoms with Crippen LogP contribution < -0.4 is 10.1 Å². The maximum Gasteiger partial charge on any atom is 0.303 e. The lowest BCUT2D eigenvalue weighted by Crippen LogP contribution is -2.11. The van der Waals surface area contributed by atoms with Gasteiger partial charge in [-0.3, -0.25) is 9.59 Å². The summed E-state index contributed by atoms with van der Waals surface area (Å²) in [7, 11) is 0. The van der Waals surface area contributed by atoms with Gasteiger partial charge in [-0.05, 0) is 54.1 Å². The molecule has 2 rings (SSSR count). The Balaban J connectivity index is 1.83. The van der Waals surface area contributed by atoms with Crippen molar-refractivity contribution in [2.24, 2.45) is 0 Å². The molecule has 138 valence electrons. The Kier molecular flexibility index (Phi) is 8.02. The first-order chi connectivity index (χ1) is 12.6. The number of carboxylic acids is 1. The Labute approximate surface area is 157 Å². The number of carbonyl (C=O) groups is 2. The normalized spacial score (nSPS) is 10.3. The zero-order valence-electron chi connectivity index (χ0n) is 14.7. The molecule has 0 aliphatic rings. The first kappa shape index (κ1) is 19.8. The number of amides is 1. The molecule has 0 fully saturated rings. The van der Waals surface area contributed by atoms with Gasteiger partial charge in [-0.2, -0.15) is 11.8 Å². The molecule has 2 N–H and O–H groups in total. The fraction of sp³-hybridized carbons (Fsp3) is 0.300. The highest BCUT2D eigenvalue weighted by Gasteiger charge is 2.06. The maximum atomic E-state index is 12.3. The molecule has 2 aromatic carbocycles. The van der Waals surface area contributed by atoms with E-state index in [1.165, 1.54) is 5.56 Å². The van der Waals surface area contributed by atoms with Crippen LogP contribution in [0.15, 0.2) is 48.5 Å². The number of ether oxygens (including phenoxy) is 1. The summed E-state index contributed by atoms with van der Waals surface area (Å²) in [6.07, 6.45) is 0.546. The average Bonchev–Trinajstić information content (AvgIpc) is 2.65. The Morgan fingerprint density at radius 2 is 1.77 bits per heavy atom. The summed E-state index contributed by atoms with van der Waals surface area (Å²) < 4.78 is 5.47. The van der Waals surface area contributed by atoms with Gasteiger partial charge >= 0.3 is 5.97 Å². The molecular formula is C20H23NO4S. The first-order valence-electron chi connectivity index (χ1n) is 8.51. The van der Waals surface area contributed by atoms with Crippen molar-refractivity contribution in [2.45, 2.75) is 25.5 Å². The van der Waals surface area contributed by atoms with Gasteiger partial charge in [-0.1, -0.05) is 19.1 Å². The van der Waals surface area contributed by atoms with Gasteiger partial charge in [0.15, 0.2) is 0 Å². The minimum Gasteiger partial charge on any atom is -0.494 e. The molecule has 0 aromatic heterocycles. The van der Waals surface area contributed by atoms with Gasteiger partial charge in [-0.25, -0.2) is 0 Å². The van der Waals surface area contributed by atoms with Gasteiger partial charge in [0.05, 0.1) is 6.61 Å². The van der Waals surface area contributed by atoms with Crippen LogP contribution in [0.2, 0.25) is 0 Å². The van der Waals surface area contributed by atoms with Crippen LogP contribution in [0.4, 0.5) is 5.69 Å². The molecular weight excluding hydrogens is 350 g/mol. The van der Waals surface area contributed by atoms with Crippen LogP contribution in [0.25, 0.3) is 0 Å². The molecule has 0 atom stereocenters. The molecule has 6 heteroatoms. The van der Waals surface area contributed by atoms with E-state index in [2.05, 4.69) is 12.2 Å². The SMILES string of the molecule is CCSCc1ccc(C(=O)Nc2ccc(OCCCC(=O)O)cc2)cc1. The van der Waals surface area contributed by atoms with Gasteiger partial charge in [0, 0.05) is 23.4 Å². The minimum absolute atomic E-state index is 0.0874. The lowest BCUT2D eigenvalue weighted by Gasteiger charge is -2.08. The van der Waals surface area contributed by atoms with Gasteiger partial charge in [0.1, 0.15) is 5.75 Å². The molecule has 5 nitrogen and oxygen atoms in total. The number of carbonyl (C=O) groups excluding carboxylic acids is 1. The van der Waals surface area contributed by atoms with E-state index in [-0.39, 0.29) is 12.3 Å². The van der Waals surface area contributed by atoms with Gasteiger partial charge in [0.2, 0.25) is 0 Å². The number of benzene rings is 2. The van der Waals surface area contributed by atoms with E-state index in [4.69, 9.17) is 9.84 Å². The highest BCUT2D eigenvalue weighted by atomic mass is 32.2. The molecule has 0 saturated carbocycles. The fourth-order valence-electron chi connectivity index (χ4n) is 2.22. The van der Waals surface area contributed by atoms with Crippen LogP contribution in [0.3, 0.4) is 0 Å². The number of nitrogens with one attached hydrogen (secondary N) is 1. The summed E-state index contributed by atoms with van der Waals surface area (Å²) in [4.78, 5) is 22.7. The topological polar surface area (TPSA) is 75.6 Å². The summed E-state index contributed by atoms with van der Waals surface area (Å²) in [6.45, 7) is 2.47. The summed E-state index contributed by atoms with van der Waals surface area (Å²) in [5.74, 6) is 1.68. The zero-order valence-corrected chi connectivity index (χ0v) is 15.6. The van der Waals surface area contributed by atoms with E-state index in [0.717, 1.165) is 11.5 Å². The monoisotopic (exact) mass is 373 g/mol. The van der Waals surface area contributed by atoms with Crippen LogP contribution in [0.5, 0.6) is 5.75 Å². The third-order valence-corrected chi connectivity index (χ3v) is 4.55. The summed E-state index contributed by atoms with van der Waals surface area (Å²) in [6, 6.07) is 14.6. The number of thioether (sulfide) groups is 1. The first-order valence-corrected chi connectivity index (χ1v) is 9.66. The Morgan fingerprint density at radius 1 is 1.08 bits per heavy atom. The number of rotatable bonds is 10. The van der Waals surface area contributed by atoms with Crippen LogP contribution in [-0.4, -0.2) is 29.3 Å². The van der Waals surface area contributed by atoms with Crippen molar-refractivity contribution < 1.29 is 19.4 Å². The maximum absolute atomic E-state index is 12.3. The lowest BCUT2D eigenvalue weighted by molar-refractivity contribution is -0.137. The number of hydrogen-bond acceptors (Lipinski definition) is 4. The number of hydrogen-bond donors (Lipinski definition) is 2. The van der Waals surface area contributed by atoms with Crippen molar-refractivity contribution in [1.29, 1.82) is 0 Å². The van der Waals surface area contributed by atoms with Crippen LogP contribution >= 0.6 is 11.8 Å². The van der Waals surface area contributed by atoms with E-state index in [9.17, 15) is 9.59 Å². The standard InChI is InChI=1S/C20H23NO4S/c1-2-26-14-15-5-7-16(8-6-15)20(24)21-17-9-11-18(12-10-17)25-13-3-4-19(22)23/h5-12H,2-4,13-14H2,1H3,(H,21,24)(H,22,23). The fourth-order valence-corrected chi connectivity index (χ4v) is 2.86. The summed E-state index contributed by atoms with van der Waals surface area (Å²) >= 11 is 1.85. The van der Waals surface area contributed by atoms with Gasteiger partial charge in [0.25, 0.3) is 5.91 Å². The second-order valence-electron chi connectivity index (χ2n) is 5.66. The second kappa shape index (κ2) is 10.5. The molecule has 0 radical (unpaired) electrons. The molecule has 1 amide bonds. The molecule has 0 aliphatic heterocycles. The highest BCUT2D eigenvalue weighted by Crippen LogP contribution is 2.18. The molecule has 0 bridgehead atoms. The highest BCUT2D eigenvalue weighted by molar-refractivity contribution is 7.98. The average molecular weight is 373 g/mol. The molecule has 0 saturated heterocycles. The second-order valence-corrected chi connectivity index (χ2v) is 6.93. The van der Waals surface area contributed by atoms with Gasteiger partial charge < -0.3 is 15.2 Å². The largest absolute Gasteiger partial charge is 0.494 e. The lowest BCUT2D eigenvalue weighted by atomic mass is 10.1. The minimum atomic E-state index is -0.830. The smallest absolute Gasteiger partial charge is 0.303 e. The van der Waals surface area contributed by atoms with Gasteiger partial charge in [-0.15, -0.1) is 0 Å². The predicted molar refractivity (Wildman–Crippen MR) is 105 cm³/mol. The molecule has 26 heavy (non-hydrogen) atoms. The van der Waals surface area contributed by atoms with Crippen molar-refractivity contribution >= 4 is 29.3 Å². The van der Waals surface area contributed by atoms with Crippen molar-refractivity contribution in [3.8, 4) is 5.75 Å². The van der Waals surface area contributed by atoms with Crippen molar-refractivity contribution in [1.82, 2.24) is 0 Å². The Hall–Kier alpha value is -2.47. The van der Waals surface area contributed by atoms with E-state index in [0.29, 0.717) is 30.0 Å². The molecule has 0 unspecified atom stereocenters. The van der Waals surface area contributed by atoms with Crippen molar-refractivity contribution in [3.05, 3.63) is 59.7 Å². The summed E-state index contributed by atoms with van der Waals surface area (Å²) in [5.41, 5.74) is 2.50. The predicted octanol–water partition coefficient (Wildman–Crippen LogP) is 4.44. The van der Waals surface area contributed by atoms with E-state index < -0.39 is 5.97 Å². The quantitative estimate of drug-likeness (QED) is 0.602. The Morgan fingerprint density at radius 3 is 2.38 bits per heavy atom. The number of anilines is 1. The molecule has 0 aliphatic carbocycles. The van der Waals surface area contributed by atoms with Crippen molar-refractivity contribution in [3.63, 3.8) is 0 Å². The third kappa shape index (κ3) is 6.80. The van der Waals surface area contributed by atoms with E-state index in [1.54, 1.807) is 24.3 Å². The van der Waals surface area contributed by atoms with Crippen LogP contribution in [0.1, 0.15) is 35.7 Å². The number of aliphatic carboxylic acids is 1. The zero-order chi connectivity index (χ0) is 18.8. The molecule has 0 spiro atoms. The third-order valence-electron chi connectivity index (χ3n) is 3.60. The Bertz CT molecular complexity index is 714. The van der Waals surface area contributed by atoms with Crippen molar-refractivity contribution in [2.75, 3.05) is 17.7 Å².